The maximum atomic E-state index is 14.8. The van der Waals surface area contributed by atoms with E-state index in [1.54, 1.807) is 0 Å². The molecule has 0 aliphatic carbocycles. The Morgan fingerprint density at radius 2 is 1.95 bits per heavy atom. The third kappa shape index (κ3) is 4.32. The van der Waals surface area contributed by atoms with E-state index in [0.29, 0.717) is 36.8 Å². The fourth-order valence-corrected chi connectivity index (χ4v) is 8.47. The monoisotopic (exact) mass is 566 g/mol. The number of terminal acetylenes is 1. The van der Waals surface area contributed by atoms with Gasteiger partial charge in [0.1, 0.15) is 18.2 Å². The summed E-state index contributed by atoms with van der Waals surface area (Å²) in [7, 11) is 0. The maximum absolute atomic E-state index is 14.8. The molecule has 7 nitrogen and oxygen atoms in total. The minimum absolute atomic E-state index is 0.135. The molecular formula is C34H39FN6O. The molecule has 0 saturated carbocycles. The van der Waals surface area contributed by atoms with Crippen LogP contribution < -0.4 is 19.9 Å². The summed E-state index contributed by atoms with van der Waals surface area (Å²) in [5.41, 5.74) is 3.66. The minimum atomic E-state index is -0.354. The van der Waals surface area contributed by atoms with E-state index < -0.39 is 0 Å². The van der Waals surface area contributed by atoms with Crippen molar-refractivity contribution >= 4 is 22.3 Å². The third-order valence-electron chi connectivity index (χ3n) is 10.6. The zero-order chi connectivity index (χ0) is 28.3. The smallest absolute Gasteiger partial charge is 0.318 e. The fraction of sp³-hybridized carbons (Fsp3) is 0.529. The van der Waals surface area contributed by atoms with E-state index in [1.165, 1.54) is 69.7 Å². The molecule has 2 aromatic carbocycles. The van der Waals surface area contributed by atoms with E-state index >= 15 is 0 Å². The third-order valence-corrected chi connectivity index (χ3v) is 10.6. The highest BCUT2D eigenvalue weighted by atomic mass is 19.1. The molecule has 9 rings (SSSR count). The Hall–Kier alpha value is -3.41. The van der Waals surface area contributed by atoms with Crippen LogP contribution in [0.2, 0.25) is 0 Å². The molecule has 5 fully saturated rings. The molecular weight excluding hydrogens is 527 g/mol. The molecule has 0 amide bonds. The van der Waals surface area contributed by atoms with Gasteiger partial charge in [-0.15, -0.1) is 6.42 Å². The first-order chi connectivity index (χ1) is 20.6. The molecule has 218 valence electrons. The summed E-state index contributed by atoms with van der Waals surface area (Å²) >= 11 is 0. The molecule has 42 heavy (non-hydrogen) atoms. The fourth-order valence-electron chi connectivity index (χ4n) is 8.47. The first-order valence-electron chi connectivity index (χ1n) is 15.8. The number of piperazine rings is 1. The lowest BCUT2D eigenvalue weighted by molar-refractivity contribution is 0.107. The molecule has 5 saturated heterocycles. The Morgan fingerprint density at radius 1 is 1.07 bits per heavy atom. The molecule has 8 heteroatoms. The predicted molar refractivity (Wildman–Crippen MR) is 164 cm³/mol. The van der Waals surface area contributed by atoms with Crippen molar-refractivity contribution < 1.29 is 9.13 Å². The van der Waals surface area contributed by atoms with E-state index in [1.807, 2.05) is 18.2 Å². The summed E-state index contributed by atoms with van der Waals surface area (Å²) in [6.07, 6.45) is 15.1. The summed E-state index contributed by atoms with van der Waals surface area (Å²) in [5, 5.41) is 5.49. The van der Waals surface area contributed by atoms with Gasteiger partial charge in [-0.3, -0.25) is 4.90 Å². The molecule has 7 heterocycles. The van der Waals surface area contributed by atoms with Crippen molar-refractivity contribution in [1.29, 1.82) is 0 Å². The summed E-state index contributed by atoms with van der Waals surface area (Å²) in [6, 6.07) is 10.8. The molecule has 2 atom stereocenters. The number of hydrogen-bond donors (Lipinski definition) is 1. The number of benzene rings is 2. The number of nitrogens with zero attached hydrogens (tertiary/aromatic N) is 5. The topological polar surface area (TPSA) is 56.8 Å². The predicted octanol–water partition coefficient (Wildman–Crippen LogP) is 4.65. The zero-order valence-electron chi connectivity index (χ0n) is 24.2. The summed E-state index contributed by atoms with van der Waals surface area (Å²) < 4.78 is 21.4. The van der Waals surface area contributed by atoms with Crippen molar-refractivity contribution in [2.24, 2.45) is 0 Å². The summed E-state index contributed by atoms with van der Waals surface area (Å²) in [5.74, 6) is 3.33. The van der Waals surface area contributed by atoms with Crippen LogP contribution in [0.15, 0.2) is 30.3 Å². The summed E-state index contributed by atoms with van der Waals surface area (Å²) in [4.78, 5) is 17.7. The molecule has 6 aliphatic heterocycles. The Kier molecular flexibility index (Phi) is 6.49. The van der Waals surface area contributed by atoms with Gasteiger partial charge in [-0.1, -0.05) is 24.1 Å². The second-order valence-electron chi connectivity index (χ2n) is 12.9. The molecule has 2 unspecified atom stereocenters. The van der Waals surface area contributed by atoms with Gasteiger partial charge in [0.05, 0.1) is 23.3 Å². The Bertz CT molecular complexity index is 1550. The highest BCUT2D eigenvalue weighted by Gasteiger charge is 2.45. The quantitative estimate of drug-likeness (QED) is 0.452. The van der Waals surface area contributed by atoms with E-state index in [9.17, 15) is 4.39 Å². The maximum Gasteiger partial charge on any atom is 0.318 e. The summed E-state index contributed by atoms with van der Waals surface area (Å²) in [6.45, 7) is 6.37. The number of halogens is 1. The highest BCUT2D eigenvalue weighted by molar-refractivity contribution is 5.99. The number of aromatic nitrogens is 2. The number of ether oxygens (including phenoxy) is 1. The van der Waals surface area contributed by atoms with Crippen LogP contribution in [-0.2, 0) is 13.0 Å². The van der Waals surface area contributed by atoms with Crippen molar-refractivity contribution in [2.75, 3.05) is 49.1 Å². The van der Waals surface area contributed by atoms with Crippen molar-refractivity contribution in [1.82, 2.24) is 20.2 Å². The molecule has 2 bridgehead atoms. The van der Waals surface area contributed by atoms with Crippen LogP contribution in [0.4, 0.5) is 15.9 Å². The number of anilines is 2. The molecule has 1 aromatic heterocycles. The van der Waals surface area contributed by atoms with Gasteiger partial charge in [0.15, 0.2) is 0 Å². The van der Waals surface area contributed by atoms with Crippen molar-refractivity contribution in [2.45, 2.75) is 75.5 Å². The number of hydrogen-bond acceptors (Lipinski definition) is 7. The van der Waals surface area contributed by atoms with Crippen LogP contribution in [0.1, 0.15) is 61.8 Å². The van der Waals surface area contributed by atoms with Crippen LogP contribution in [0.3, 0.4) is 0 Å². The Morgan fingerprint density at radius 3 is 2.81 bits per heavy atom. The second kappa shape index (κ2) is 10.4. The minimum Gasteiger partial charge on any atom is -0.461 e. The van der Waals surface area contributed by atoms with Gasteiger partial charge in [-0.2, -0.15) is 9.97 Å². The Labute approximate surface area is 247 Å². The van der Waals surface area contributed by atoms with Crippen LogP contribution >= 0.6 is 0 Å². The Balaban J connectivity index is 1.17. The lowest BCUT2D eigenvalue weighted by Crippen LogP contribution is -2.55. The van der Waals surface area contributed by atoms with Crippen molar-refractivity contribution in [3.05, 3.63) is 53.0 Å². The lowest BCUT2D eigenvalue weighted by Gasteiger charge is -2.41. The van der Waals surface area contributed by atoms with Gasteiger partial charge in [0.25, 0.3) is 0 Å². The molecule has 0 spiro atoms. The van der Waals surface area contributed by atoms with Crippen LogP contribution in [-0.4, -0.2) is 71.8 Å². The van der Waals surface area contributed by atoms with Gasteiger partial charge in [-0.25, -0.2) is 4.39 Å². The molecule has 0 radical (unpaired) electrons. The largest absolute Gasteiger partial charge is 0.461 e. The van der Waals surface area contributed by atoms with Gasteiger partial charge >= 0.3 is 6.01 Å². The van der Waals surface area contributed by atoms with Gasteiger partial charge in [-0.05, 0) is 82.0 Å². The first kappa shape index (κ1) is 26.2. The van der Waals surface area contributed by atoms with Gasteiger partial charge in [0.2, 0.25) is 0 Å². The highest BCUT2D eigenvalue weighted by Crippen LogP contribution is 2.40. The van der Waals surface area contributed by atoms with Crippen LogP contribution in [0.25, 0.3) is 10.8 Å². The average Bonchev–Trinajstić information content (AvgIpc) is 3.44. The normalized spacial score (nSPS) is 24.9. The standard InChI is InChI=1S/C34H39FN6O/c1-2-26-28(35)12-11-23-7-3-10-30(31(23)26)39-18-13-27-29(21-39)37-33(42-22-34-14-5-16-40(34)17-6-15-34)38-32(27)41-20-24-8-4-9-25(41)19-36-24/h1,3,7,10-12,24-25,36H,4-6,8-9,13-22H2. The van der Waals surface area contributed by atoms with E-state index in [0.717, 1.165) is 54.0 Å². The van der Waals surface area contributed by atoms with Crippen molar-refractivity contribution in [3.8, 4) is 18.4 Å². The SMILES string of the molecule is C#Cc1c(F)ccc2cccc(N3CCc4c(nc(OCC56CCCN5CCC6)nc4N4CC5CCCC4CN5)C3)c12. The number of nitrogens with one attached hydrogen (secondary N) is 1. The number of fused-ring (bicyclic) bond motifs is 7. The average molecular weight is 567 g/mol. The van der Waals surface area contributed by atoms with Crippen molar-refractivity contribution in [3.63, 3.8) is 0 Å². The van der Waals surface area contributed by atoms with Gasteiger partial charge in [0, 0.05) is 48.4 Å². The van der Waals surface area contributed by atoms with Crippen LogP contribution in [0.5, 0.6) is 6.01 Å². The van der Waals surface area contributed by atoms with E-state index in [4.69, 9.17) is 21.1 Å². The first-order valence-corrected chi connectivity index (χ1v) is 15.8. The molecule has 1 N–H and O–H groups in total. The lowest BCUT2D eigenvalue weighted by atomic mass is 9.95. The second-order valence-corrected chi connectivity index (χ2v) is 12.9. The van der Waals surface area contributed by atoms with E-state index in [2.05, 4.69) is 32.0 Å². The molecule has 3 aromatic rings. The van der Waals surface area contributed by atoms with E-state index in [-0.39, 0.29) is 11.4 Å². The van der Waals surface area contributed by atoms with Gasteiger partial charge < -0.3 is 19.9 Å². The van der Waals surface area contributed by atoms with Crippen LogP contribution in [0, 0.1) is 18.2 Å². The molecule has 6 aliphatic rings. The zero-order valence-corrected chi connectivity index (χ0v) is 24.2. The number of rotatable bonds is 5.